The Morgan fingerprint density at radius 3 is 2.30 bits per heavy atom. The fourth-order valence-corrected chi connectivity index (χ4v) is 2.95. The first-order chi connectivity index (χ1) is 12.9. The molecule has 0 radical (unpaired) electrons. The van der Waals surface area contributed by atoms with Gasteiger partial charge in [0.2, 0.25) is 0 Å². The molecule has 0 spiro atoms. The Bertz CT molecular complexity index is 904. The Morgan fingerprint density at radius 1 is 1.04 bits per heavy atom. The van der Waals surface area contributed by atoms with Crippen LogP contribution in [-0.4, -0.2) is 22.4 Å². The van der Waals surface area contributed by atoms with Gasteiger partial charge < -0.3 is 4.74 Å². The maximum atomic E-state index is 12.4. The van der Waals surface area contributed by atoms with Crippen molar-refractivity contribution < 1.29 is 9.53 Å². The van der Waals surface area contributed by atoms with E-state index in [0.717, 1.165) is 16.8 Å². The molecular formula is C23H26N2O2. The second-order valence-corrected chi connectivity index (χ2v) is 7.61. The van der Waals surface area contributed by atoms with Gasteiger partial charge in [-0.3, -0.25) is 4.68 Å². The minimum Gasteiger partial charge on any atom is -0.461 e. The molecule has 3 aromatic rings. The number of aromatic nitrogens is 2. The number of carbonyl (C=O) groups is 1. The van der Waals surface area contributed by atoms with E-state index in [9.17, 15) is 4.79 Å². The predicted molar refractivity (Wildman–Crippen MR) is 108 cm³/mol. The largest absolute Gasteiger partial charge is 0.461 e. The number of ether oxygens (including phenoxy) is 1. The van der Waals surface area contributed by atoms with Crippen LogP contribution in [0.3, 0.4) is 0 Å². The van der Waals surface area contributed by atoms with E-state index in [2.05, 4.69) is 50.1 Å². The van der Waals surface area contributed by atoms with E-state index in [1.807, 2.05) is 43.3 Å². The van der Waals surface area contributed by atoms with Crippen molar-refractivity contribution in [3.8, 4) is 11.3 Å². The third-order valence-corrected chi connectivity index (χ3v) is 4.49. The third-order valence-electron chi connectivity index (χ3n) is 4.49. The third kappa shape index (κ3) is 4.45. The fraction of sp³-hybridized carbons (Fsp3) is 0.304. The predicted octanol–water partition coefficient (Wildman–Crippen LogP) is 5.07. The summed E-state index contributed by atoms with van der Waals surface area (Å²) >= 11 is 0. The number of hydrogen-bond donors (Lipinski definition) is 0. The molecule has 2 aromatic carbocycles. The number of benzene rings is 2. The smallest absolute Gasteiger partial charge is 0.356 e. The van der Waals surface area contributed by atoms with Gasteiger partial charge in [-0.1, -0.05) is 75.4 Å². The van der Waals surface area contributed by atoms with Crippen molar-refractivity contribution in [1.29, 1.82) is 0 Å². The van der Waals surface area contributed by atoms with E-state index in [1.165, 1.54) is 5.56 Å². The highest BCUT2D eigenvalue weighted by molar-refractivity contribution is 5.89. The number of rotatable bonds is 5. The monoisotopic (exact) mass is 362 g/mol. The lowest BCUT2D eigenvalue weighted by molar-refractivity contribution is 0.0512. The molecule has 0 amide bonds. The summed E-state index contributed by atoms with van der Waals surface area (Å²) in [5.41, 5.74) is 4.67. The zero-order valence-electron chi connectivity index (χ0n) is 16.4. The van der Waals surface area contributed by atoms with Crippen molar-refractivity contribution in [2.45, 2.75) is 39.7 Å². The normalized spacial score (nSPS) is 11.4. The molecule has 0 unspecified atom stereocenters. The van der Waals surface area contributed by atoms with Crippen molar-refractivity contribution in [1.82, 2.24) is 9.78 Å². The molecule has 1 aromatic heterocycles. The molecule has 0 aliphatic heterocycles. The molecule has 0 saturated carbocycles. The van der Waals surface area contributed by atoms with Crippen LogP contribution >= 0.6 is 0 Å². The van der Waals surface area contributed by atoms with E-state index in [4.69, 9.17) is 4.74 Å². The highest BCUT2D eigenvalue weighted by Crippen LogP contribution is 2.26. The number of carbonyl (C=O) groups excluding carboxylic acids is 1. The Balaban J connectivity index is 1.96. The van der Waals surface area contributed by atoms with Crippen LogP contribution in [0, 0.1) is 0 Å². The van der Waals surface area contributed by atoms with Gasteiger partial charge in [-0.2, -0.15) is 5.10 Å². The zero-order chi connectivity index (χ0) is 19.4. The van der Waals surface area contributed by atoms with Crippen LogP contribution in [-0.2, 0) is 16.7 Å². The van der Waals surface area contributed by atoms with Crippen LogP contribution < -0.4 is 0 Å². The maximum Gasteiger partial charge on any atom is 0.356 e. The van der Waals surface area contributed by atoms with Crippen LogP contribution in [0.25, 0.3) is 11.3 Å². The zero-order valence-corrected chi connectivity index (χ0v) is 16.4. The molecular weight excluding hydrogens is 336 g/mol. The highest BCUT2D eigenvalue weighted by atomic mass is 16.5. The topological polar surface area (TPSA) is 44.1 Å². The lowest BCUT2D eigenvalue weighted by Gasteiger charge is -2.18. The molecule has 0 aliphatic rings. The van der Waals surface area contributed by atoms with Gasteiger partial charge in [-0.05, 0) is 29.5 Å². The van der Waals surface area contributed by atoms with Crippen molar-refractivity contribution in [2.75, 3.05) is 6.61 Å². The van der Waals surface area contributed by atoms with E-state index >= 15 is 0 Å². The molecule has 0 atom stereocenters. The van der Waals surface area contributed by atoms with Crippen LogP contribution in [0.15, 0.2) is 60.7 Å². The molecule has 3 rings (SSSR count). The summed E-state index contributed by atoms with van der Waals surface area (Å²) in [6.45, 7) is 9.24. The summed E-state index contributed by atoms with van der Waals surface area (Å²) in [5, 5.41) is 4.69. The quantitative estimate of drug-likeness (QED) is 0.595. The van der Waals surface area contributed by atoms with E-state index < -0.39 is 0 Å². The number of nitrogens with zero attached hydrogens (tertiary/aromatic N) is 2. The minimum atomic E-state index is -0.349. The van der Waals surface area contributed by atoms with Crippen molar-refractivity contribution in [2.24, 2.45) is 0 Å². The molecule has 4 heteroatoms. The van der Waals surface area contributed by atoms with Crippen molar-refractivity contribution >= 4 is 5.97 Å². The van der Waals surface area contributed by atoms with E-state index in [1.54, 1.807) is 4.68 Å². The van der Waals surface area contributed by atoms with Crippen molar-refractivity contribution in [3.63, 3.8) is 0 Å². The molecule has 4 nitrogen and oxygen atoms in total. The average Bonchev–Trinajstić information content (AvgIpc) is 3.06. The summed E-state index contributed by atoms with van der Waals surface area (Å²) < 4.78 is 6.94. The Hall–Kier alpha value is -2.88. The Kier molecular flexibility index (Phi) is 5.45. The minimum absolute atomic E-state index is 0.0985. The van der Waals surface area contributed by atoms with Crippen LogP contribution in [0.5, 0.6) is 0 Å². The van der Waals surface area contributed by atoms with Gasteiger partial charge in [0.25, 0.3) is 0 Å². The van der Waals surface area contributed by atoms with Crippen molar-refractivity contribution in [3.05, 3.63) is 77.5 Å². The summed E-state index contributed by atoms with van der Waals surface area (Å²) in [5.74, 6) is -0.349. The van der Waals surface area contributed by atoms with Crippen LogP contribution in [0.4, 0.5) is 0 Å². The van der Waals surface area contributed by atoms with E-state index in [0.29, 0.717) is 18.8 Å². The molecule has 27 heavy (non-hydrogen) atoms. The average molecular weight is 362 g/mol. The Morgan fingerprint density at radius 2 is 1.70 bits per heavy atom. The molecule has 0 fully saturated rings. The van der Waals surface area contributed by atoms with Gasteiger partial charge in [-0.25, -0.2) is 4.79 Å². The first kappa shape index (κ1) is 18.9. The summed E-state index contributed by atoms with van der Waals surface area (Å²) in [6, 6.07) is 20.2. The fourth-order valence-electron chi connectivity index (χ4n) is 2.95. The number of hydrogen-bond acceptors (Lipinski definition) is 3. The van der Waals surface area contributed by atoms with Gasteiger partial charge in [0.1, 0.15) is 5.69 Å². The highest BCUT2D eigenvalue weighted by Gasteiger charge is 2.18. The molecule has 1 heterocycles. The van der Waals surface area contributed by atoms with Gasteiger partial charge in [-0.15, -0.1) is 0 Å². The number of esters is 1. The van der Waals surface area contributed by atoms with Gasteiger partial charge >= 0.3 is 5.97 Å². The van der Waals surface area contributed by atoms with Gasteiger partial charge in [0.15, 0.2) is 0 Å². The first-order valence-corrected chi connectivity index (χ1v) is 9.28. The first-order valence-electron chi connectivity index (χ1n) is 9.28. The lowest BCUT2D eigenvalue weighted by atomic mass is 9.86. The molecule has 0 N–H and O–H groups in total. The second kappa shape index (κ2) is 7.78. The van der Waals surface area contributed by atoms with Crippen LogP contribution in [0.2, 0.25) is 0 Å². The summed E-state index contributed by atoms with van der Waals surface area (Å²) in [4.78, 5) is 12.4. The standard InChI is InChI=1S/C23H26N2O2/c1-5-27-22(26)21-15-20(18-11-13-19(14-12-18)23(2,3)4)24-25(21)16-17-9-7-6-8-10-17/h6-15H,5,16H2,1-4H3. The van der Waals surface area contributed by atoms with Crippen LogP contribution in [0.1, 0.15) is 49.3 Å². The van der Waals surface area contributed by atoms with Gasteiger partial charge in [0, 0.05) is 5.56 Å². The lowest BCUT2D eigenvalue weighted by Crippen LogP contribution is -2.14. The molecule has 140 valence electrons. The molecule has 0 bridgehead atoms. The summed E-state index contributed by atoms with van der Waals surface area (Å²) in [7, 11) is 0. The summed E-state index contributed by atoms with van der Waals surface area (Å²) in [6.07, 6.45) is 0. The Labute approximate surface area is 160 Å². The van der Waals surface area contributed by atoms with Gasteiger partial charge in [0.05, 0.1) is 18.8 Å². The molecule has 0 saturated heterocycles. The molecule has 0 aliphatic carbocycles. The SMILES string of the molecule is CCOC(=O)c1cc(-c2ccc(C(C)(C)C)cc2)nn1Cc1ccccc1. The maximum absolute atomic E-state index is 12.4. The van der Waals surface area contributed by atoms with E-state index in [-0.39, 0.29) is 11.4 Å². The second-order valence-electron chi connectivity index (χ2n) is 7.61.